The normalized spacial score (nSPS) is 20.2. The first kappa shape index (κ1) is 42.2. The lowest BCUT2D eigenvalue weighted by molar-refractivity contribution is -0.139. The van der Waals surface area contributed by atoms with Crippen LogP contribution in [0.3, 0.4) is 0 Å². The molecule has 4 amide bonds. The van der Waals surface area contributed by atoms with Gasteiger partial charge in [0.25, 0.3) is 0 Å². The van der Waals surface area contributed by atoms with Gasteiger partial charge in [0.15, 0.2) is 0 Å². The Kier molecular flexibility index (Phi) is 12.2. The predicted molar refractivity (Wildman–Crippen MR) is 231 cm³/mol. The number of methoxy groups -OCH3 is 2. The summed E-state index contributed by atoms with van der Waals surface area (Å²) in [5.74, 6) is 1.58. The van der Waals surface area contributed by atoms with E-state index in [1.54, 1.807) is 0 Å². The number of nitrogens with zero attached hydrogens (tertiary/aromatic N) is 5. The minimum Gasteiger partial charge on any atom is -0.453 e. The molecular formula is C46H58N8O6. The Morgan fingerprint density at radius 1 is 0.717 bits per heavy atom. The number of ether oxygens (including phenoxy) is 2. The first-order valence-electron chi connectivity index (χ1n) is 21.1. The van der Waals surface area contributed by atoms with Gasteiger partial charge in [-0.1, -0.05) is 77.9 Å². The zero-order valence-electron chi connectivity index (χ0n) is 36.1. The minimum atomic E-state index is -0.705. The van der Waals surface area contributed by atoms with Gasteiger partial charge >= 0.3 is 12.2 Å². The Morgan fingerprint density at radius 3 is 1.60 bits per heavy atom. The largest absolute Gasteiger partial charge is 0.453 e. The van der Waals surface area contributed by atoms with E-state index in [0.717, 1.165) is 68.8 Å². The molecule has 318 valence electrons. The molecule has 0 aliphatic carbocycles. The number of aromatic nitrogens is 4. The Labute approximate surface area is 351 Å². The molecule has 3 aromatic carbocycles. The molecule has 5 aromatic rings. The van der Waals surface area contributed by atoms with Crippen molar-refractivity contribution in [2.24, 2.45) is 23.7 Å². The summed E-state index contributed by atoms with van der Waals surface area (Å²) in [6.45, 7) is 15.4. The van der Waals surface area contributed by atoms with Crippen molar-refractivity contribution in [1.82, 2.24) is 40.0 Å². The first-order chi connectivity index (χ1) is 28.7. The molecule has 6 atom stereocenters. The number of imidazole rings is 2. The number of aromatic amines is 2. The van der Waals surface area contributed by atoms with E-state index in [0.29, 0.717) is 19.6 Å². The van der Waals surface area contributed by atoms with Gasteiger partial charge in [0.05, 0.1) is 48.4 Å². The summed E-state index contributed by atoms with van der Waals surface area (Å²) < 4.78 is 9.83. The number of alkyl carbamates (subject to hydrolysis) is 1. The molecule has 0 spiro atoms. The highest BCUT2D eigenvalue weighted by molar-refractivity contribution is 5.88. The van der Waals surface area contributed by atoms with Crippen molar-refractivity contribution in [2.45, 2.75) is 85.5 Å². The fourth-order valence-corrected chi connectivity index (χ4v) is 9.07. The van der Waals surface area contributed by atoms with Crippen LogP contribution in [0.2, 0.25) is 0 Å². The third-order valence-corrected chi connectivity index (χ3v) is 12.1. The highest BCUT2D eigenvalue weighted by atomic mass is 16.5. The van der Waals surface area contributed by atoms with Crippen LogP contribution in [0.25, 0.3) is 44.3 Å². The summed E-state index contributed by atoms with van der Waals surface area (Å²) in [4.78, 5) is 74.9. The van der Waals surface area contributed by atoms with E-state index >= 15 is 0 Å². The second kappa shape index (κ2) is 17.4. The zero-order chi connectivity index (χ0) is 43.0. The molecule has 60 heavy (non-hydrogen) atoms. The minimum absolute atomic E-state index is 0.0897. The lowest BCUT2D eigenvalue weighted by Crippen LogP contribution is -2.53. The lowest BCUT2D eigenvalue weighted by atomic mass is 10.00. The number of carbonyl (C=O) groups is 4. The third kappa shape index (κ3) is 8.28. The predicted octanol–water partition coefficient (Wildman–Crippen LogP) is 8.09. The molecule has 14 heteroatoms. The maximum Gasteiger partial charge on any atom is 0.410 e. The molecule has 4 heterocycles. The second-order valence-corrected chi connectivity index (χ2v) is 17.3. The van der Waals surface area contributed by atoms with Crippen molar-refractivity contribution in [3.05, 3.63) is 72.3 Å². The van der Waals surface area contributed by atoms with Gasteiger partial charge in [-0.05, 0) is 90.0 Å². The molecule has 0 unspecified atom stereocenters. The van der Waals surface area contributed by atoms with E-state index in [4.69, 9.17) is 19.4 Å². The van der Waals surface area contributed by atoms with Gasteiger partial charge in [0.2, 0.25) is 11.8 Å². The van der Waals surface area contributed by atoms with Gasteiger partial charge in [-0.15, -0.1) is 0 Å². The van der Waals surface area contributed by atoms with E-state index in [1.165, 1.54) is 19.1 Å². The molecule has 3 N–H and O–H groups in total. The highest BCUT2D eigenvalue weighted by Gasteiger charge is 2.43. The number of fused-ring (bicyclic) bond motifs is 2. The van der Waals surface area contributed by atoms with Crippen molar-refractivity contribution in [3.8, 4) is 22.3 Å². The Morgan fingerprint density at radius 2 is 1.18 bits per heavy atom. The van der Waals surface area contributed by atoms with Crippen LogP contribution < -0.4 is 5.32 Å². The van der Waals surface area contributed by atoms with Crippen LogP contribution in [0.1, 0.15) is 85.0 Å². The standard InChI is InChI=1S/C46H58N8O6/c1-10-52(46(58)60-9)40(26(4)5)44(56)54-24-28(7)20-38(54)42-48-34-18-16-32(22-36(34)50-42)30-13-11-29(12-14-30)31-15-17-33-35(21-31)49-41(47-33)37-19-27(6)23-53(37)43(55)39(25(2)3)51-45(57)59-8/h11-18,21-22,25-28,37-40H,10,19-20,23-24H2,1-9H3,(H,47,49)(H,48,50)(H,51,57)/t27-,28-,37-,38-,39-,40-/m0/s1. The number of H-pyrrole nitrogens is 2. The molecule has 0 saturated carbocycles. The molecule has 7 rings (SSSR count). The number of hydrogen-bond acceptors (Lipinski definition) is 8. The topological polar surface area (TPSA) is 166 Å². The van der Waals surface area contributed by atoms with Gasteiger partial charge in [0, 0.05) is 19.6 Å². The first-order valence-corrected chi connectivity index (χ1v) is 21.1. The fourth-order valence-electron chi connectivity index (χ4n) is 9.07. The zero-order valence-corrected chi connectivity index (χ0v) is 36.1. The van der Waals surface area contributed by atoms with Crippen LogP contribution in [0.5, 0.6) is 0 Å². The number of rotatable bonds is 11. The third-order valence-electron chi connectivity index (χ3n) is 12.1. The Balaban J connectivity index is 1.09. The van der Waals surface area contributed by atoms with Gasteiger partial charge in [-0.25, -0.2) is 19.6 Å². The molecule has 2 fully saturated rings. The molecule has 2 saturated heterocycles. The van der Waals surface area contributed by atoms with E-state index in [1.807, 2.05) is 56.6 Å². The summed E-state index contributed by atoms with van der Waals surface area (Å²) in [5.41, 5.74) is 7.59. The number of likely N-dealkylation sites (tertiary alicyclic amines) is 2. The number of benzene rings is 3. The summed E-state index contributed by atoms with van der Waals surface area (Å²) in [5, 5.41) is 2.72. The molecule has 0 bridgehead atoms. The van der Waals surface area contributed by atoms with E-state index in [-0.39, 0.29) is 47.6 Å². The Hall–Kier alpha value is -5.92. The van der Waals surface area contributed by atoms with Crippen LogP contribution in [0.4, 0.5) is 9.59 Å². The van der Waals surface area contributed by atoms with Crippen molar-refractivity contribution in [2.75, 3.05) is 33.9 Å². The lowest BCUT2D eigenvalue weighted by Gasteiger charge is -2.35. The monoisotopic (exact) mass is 818 g/mol. The van der Waals surface area contributed by atoms with Gasteiger partial charge in [-0.3, -0.25) is 14.5 Å². The van der Waals surface area contributed by atoms with Gasteiger partial charge in [0.1, 0.15) is 23.7 Å². The highest BCUT2D eigenvalue weighted by Crippen LogP contribution is 2.39. The average molecular weight is 819 g/mol. The molecular weight excluding hydrogens is 761 g/mol. The van der Waals surface area contributed by atoms with Crippen LogP contribution in [0.15, 0.2) is 60.7 Å². The number of hydrogen-bond donors (Lipinski definition) is 3. The van der Waals surface area contributed by atoms with Crippen LogP contribution in [-0.4, -0.2) is 105 Å². The molecule has 2 aromatic heterocycles. The van der Waals surface area contributed by atoms with Crippen molar-refractivity contribution in [1.29, 1.82) is 0 Å². The van der Waals surface area contributed by atoms with Crippen LogP contribution in [0, 0.1) is 23.7 Å². The van der Waals surface area contributed by atoms with E-state index in [2.05, 4.69) is 77.7 Å². The molecule has 2 aliphatic rings. The Bertz CT molecular complexity index is 2370. The number of amides is 4. The number of carbonyl (C=O) groups excluding carboxylic acids is 4. The molecule has 0 radical (unpaired) electrons. The number of nitrogens with one attached hydrogen (secondary N) is 3. The maximum absolute atomic E-state index is 14.2. The van der Waals surface area contributed by atoms with Gasteiger partial charge < -0.3 is 34.6 Å². The quantitative estimate of drug-likeness (QED) is 0.120. The summed E-state index contributed by atoms with van der Waals surface area (Å²) in [6.07, 6.45) is 0.407. The van der Waals surface area contributed by atoms with Crippen molar-refractivity contribution < 1.29 is 28.7 Å². The smallest absolute Gasteiger partial charge is 0.410 e. The second-order valence-electron chi connectivity index (χ2n) is 17.3. The summed E-state index contributed by atoms with van der Waals surface area (Å²) in [6, 6.07) is 19.0. The maximum atomic E-state index is 14.2. The van der Waals surface area contributed by atoms with Crippen molar-refractivity contribution >= 4 is 46.1 Å². The van der Waals surface area contributed by atoms with Gasteiger partial charge in [-0.2, -0.15) is 0 Å². The summed E-state index contributed by atoms with van der Waals surface area (Å²) in [7, 11) is 2.64. The SMILES string of the molecule is CCN(C(=O)OC)[C@H](C(=O)N1C[C@@H](C)C[C@H]1c1nc2ccc(-c3ccc(-c4ccc5nc([C@@H]6C[C@H](C)CN6C(=O)[C@@H](NC(=O)OC)C(C)C)[nH]c5c4)cc3)cc2[nH]1)C(C)C. The van der Waals surface area contributed by atoms with Crippen LogP contribution >= 0.6 is 0 Å². The average Bonchev–Trinajstić information content (AvgIpc) is 4.04. The fraction of sp³-hybridized carbons (Fsp3) is 0.478. The molecule has 14 nitrogen and oxygen atoms in total. The van der Waals surface area contributed by atoms with E-state index in [9.17, 15) is 19.2 Å². The molecule has 2 aliphatic heterocycles. The van der Waals surface area contributed by atoms with Crippen LogP contribution in [-0.2, 0) is 19.1 Å². The summed E-state index contributed by atoms with van der Waals surface area (Å²) >= 11 is 0. The van der Waals surface area contributed by atoms with Crippen molar-refractivity contribution in [3.63, 3.8) is 0 Å². The van der Waals surface area contributed by atoms with E-state index < -0.39 is 24.3 Å². The number of likely N-dealkylation sites (N-methyl/N-ethyl adjacent to an activating group) is 1.